The fraction of sp³-hybridized carbons (Fsp3) is 0.200. The Morgan fingerprint density at radius 3 is 2.65 bits per heavy atom. The van der Waals surface area contributed by atoms with E-state index in [-0.39, 0.29) is 11.1 Å². The van der Waals surface area contributed by atoms with Gasteiger partial charge in [0.25, 0.3) is 0 Å². The van der Waals surface area contributed by atoms with E-state index in [2.05, 4.69) is 15.9 Å². The second-order valence-corrected chi connectivity index (χ2v) is 5.87. The van der Waals surface area contributed by atoms with Gasteiger partial charge < -0.3 is 10.5 Å². The molecule has 0 spiro atoms. The van der Waals surface area contributed by atoms with E-state index >= 15 is 0 Å². The van der Waals surface area contributed by atoms with Crippen molar-refractivity contribution < 1.29 is 9.13 Å². The topological polar surface area (TPSA) is 35.2 Å². The first-order valence-electron chi connectivity index (χ1n) is 6.12. The van der Waals surface area contributed by atoms with Crippen molar-refractivity contribution in [1.29, 1.82) is 0 Å². The average Bonchev–Trinajstić information content (AvgIpc) is 2.36. The number of hydrogen-bond acceptors (Lipinski definition) is 2. The molecule has 2 N–H and O–H groups in total. The van der Waals surface area contributed by atoms with Crippen LogP contribution in [0.4, 0.5) is 4.39 Å². The molecule has 1 atom stereocenters. The summed E-state index contributed by atoms with van der Waals surface area (Å²) < 4.78 is 19.5. The zero-order valence-electron chi connectivity index (χ0n) is 10.9. The first-order valence-corrected chi connectivity index (χ1v) is 7.29. The Bertz CT molecular complexity index is 619. The predicted octanol–water partition coefficient (Wildman–Crippen LogP) is 4.92. The molecule has 0 saturated carbocycles. The molecule has 20 heavy (non-hydrogen) atoms. The second kappa shape index (κ2) is 6.57. The molecule has 0 aliphatic heterocycles. The maximum atomic E-state index is 13.0. The molecule has 0 saturated heterocycles. The van der Waals surface area contributed by atoms with Crippen molar-refractivity contribution in [1.82, 2.24) is 0 Å². The largest absolute Gasteiger partial charge is 0.456 e. The smallest absolute Gasteiger partial charge is 0.146 e. The summed E-state index contributed by atoms with van der Waals surface area (Å²) in [5.74, 6) is 0.648. The summed E-state index contributed by atoms with van der Waals surface area (Å²) in [6.45, 7) is 1.95. The SMILES string of the molecule is CC(N)Cc1ccc(Oc2ccc(F)cc2Cl)cc1Br. The van der Waals surface area contributed by atoms with Crippen molar-refractivity contribution in [3.05, 3.63) is 57.3 Å². The van der Waals surface area contributed by atoms with Crippen molar-refractivity contribution in [3.8, 4) is 11.5 Å². The van der Waals surface area contributed by atoms with E-state index in [0.29, 0.717) is 11.5 Å². The quantitative estimate of drug-likeness (QED) is 0.841. The normalized spacial score (nSPS) is 12.2. The van der Waals surface area contributed by atoms with Gasteiger partial charge in [-0.3, -0.25) is 0 Å². The van der Waals surface area contributed by atoms with Crippen molar-refractivity contribution in [3.63, 3.8) is 0 Å². The molecule has 0 heterocycles. The number of hydrogen-bond donors (Lipinski definition) is 1. The minimum atomic E-state index is -0.393. The molecule has 106 valence electrons. The van der Waals surface area contributed by atoms with Crippen LogP contribution in [0.1, 0.15) is 12.5 Å². The van der Waals surface area contributed by atoms with E-state index in [1.165, 1.54) is 18.2 Å². The lowest BCUT2D eigenvalue weighted by Gasteiger charge is -2.11. The van der Waals surface area contributed by atoms with Gasteiger partial charge in [-0.15, -0.1) is 0 Å². The highest BCUT2D eigenvalue weighted by Gasteiger charge is 2.08. The molecule has 0 amide bonds. The maximum Gasteiger partial charge on any atom is 0.146 e. The molecule has 2 nitrogen and oxygen atoms in total. The molecule has 1 unspecified atom stereocenters. The molecule has 0 aliphatic carbocycles. The van der Waals surface area contributed by atoms with Gasteiger partial charge in [0, 0.05) is 10.5 Å². The van der Waals surface area contributed by atoms with E-state index in [0.717, 1.165) is 16.5 Å². The minimum Gasteiger partial charge on any atom is -0.456 e. The molecule has 5 heteroatoms. The number of rotatable bonds is 4. The van der Waals surface area contributed by atoms with Crippen LogP contribution in [-0.2, 0) is 6.42 Å². The lowest BCUT2D eigenvalue weighted by molar-refractivity contribution is 0.480. The summed E-state index contributed by atoms with van der Waals surface area (Å²) in [5.41, 5.74) is 6.89. The first kappa shape index (κ1) is 15.3. The third kappa shape index (κ3) is 3.95. The van der Waals surface area contributed by atoms with Gasteiger partial charge in [0.2, 0.25) is 0 Å². The molecule has 2 aromatic rings. The standard InChI is InChI=1S/C15H14BrClFNO/c1-9(19)6-10-2-4-12(8-13(10)16)20-15-5-3-11(18)7-14(15)17/h2-5,7-9H,6,19H2,1H3. The Kier molecular flexibility index (Phi) is 5.02. The number of ether oxygens (including phenoxy) is 1. The summed E-state index contributed by atoms with van der Waals surface area (Å²) in [5, 5.41) is 0.237. The van der Waals surface area contributed by atoms with Crippen LogP contribution < -0.4 is 10.5 Å². The molecular weight excluding hydrogens is 345 g/mol. The van der Waals surface area contributed by atoms with Gasteiger partial charge in [0.05, 0.1) is 5.02 Å². The molecular formula is C15H14BrClFNO. The van der Waals surface area contributed by atoms with Gasteiger partial charge in [0.15, 0.2) is 0 Å². The highest BCUT2D eigenvalue weighted by Crippen LogP contribution is 2.32. The third-order valence-electron chi connectivity index (χ3n) is 2.69. The van der Waals surface area contributed by atoms with E-state index in [1.807, 2.05) is 25.1 Å². The van der Waals surface area contributed by atoms with Crippen molar-refractivity contribution in [2.75, 3.05) is 0 Å². The van der Waals surface area contributed by atoms with Gasteiger partial charge >= 0.3 is 0 Å². The van der Waals surface area contributed by atoms with Crippen molar-refractivity contribution in [2.24, 2.45) is 5.73 Å². The van der Waals surface area contributed by atoms with Gasteiger partial charge in [0.1, 0.15) is 17.3 Å². The molecule has 2 rings (SSSR count). The summed E-state index contributed by atoms with van der Waals surface area (Å²) in [6.07, 6.45) is 0.776. The zero-order chi connectivity index (χ0) is 14.7. The fourth-order valence-corrected chi connectivity index (χ4v) is 2.51. The average molecular weight is 359 g/mol. The van der Waals surface area contributed by atoms with Crippen LogP contribution in [0, 0.1) is 5.82 Å². The molecule has 0 radical (unpaired) electrons. The summed E-state index contributed by atoms with van der Waals surface area (Å²) in [4.78, 5) is 0. The van der Waals surface area contributed by atoms with E-state index in [4.69, 9.17) is 22.1 Å². The van der Waals surface area contributed by atoms with E-state index < -0.39 is 5.82 Å². The Labute approximate surface area is 130 Å². The van der Waals surface area contributed by atoms with Crippen molar-refractivity contribution in [2.45, 2.75) is 19.4 Å². The second-order valence-electron chi connectivity index (χ2n) is 4.61. The Morgan fingerprint density at radius 1 is 1.30 bits per heavy atom. The number of nitrogens with two attached hydrogens (primary N) is 1. The van der Waals surface area contributed by atoms with Crippen LogP contribution >= 0.6 is 27.5 Å². The maximum absolute atomic E-state index is 13.0. The molecule has 0 aliphatic rings. The summed E-state index contributed by atoms with van der Waals surface area (Å²) in [7, 11) is 0. The summed E-state index contributed by atoms with van der Waals surface area (Å²) >= 11 is 9.42. The number of benzene rings is 2. The molecule has 0 fully saturated rings. The Morgan fingerprint density at radius 2 is 2.05 bits per heavy atom. The number of halogens is 3. The highest BCUT2D eigenvalue weighted by atomic mass is 79.9. The molecule has 0 aromatic heterocycles. The minimum absolute atomic E-state index is 0.0876. The van der Waals surface area contributed by atoms with Gasteiger partial charge in [-0.2, -0.15) is 0 Å². The Hall–Kier alpha value is -1.10. The fourth-order valence-electron chi connectivity index (χ4n) is 1.79. The summed E-state index contributed by atoms with van der Waals surface area (Å²) in [6, 6.07) is 9.74. The third-order valence-corrected chi connectivity index (χ3v) is 3.72. The first-order chi connectivity index (χ1) is 9.45. The van der Waals surface area contributed by atoms with Crippen LogP contribution in [0.25, 0.3) is 0 Å². The Balaban J connectivity index is 2.20. The van der Waals surface area contributed by atoms with Crippen LogP contribution in [0.5, 0.6) is 11.5 Å². The predicted molar refractivity (Wildman–Crippen MR) is 83.0 cm³/mol. The molecule has 2 aromatic carbocycles. The van der Waals surface area contributed by atoms with Crippen LogP contribution in [-0.4, -0.2) is 6.04 Å². The van der Waals surface area contributed by atoms with Gasteiger partial charge in [-0.1, -0.05) is 33.6 Å². The van der Waals surface area contributed by atoms with Crippen LogP contribution in [0.3, 0.4) is 0 Å². The lowest BCUT2D eigenvalue weighted by atomic mass is 10.1. The highest BCUT2D eigenvalue weighted by molar-refractivity contribution is 9.10. The van der Waals surface area contributed by atoms with E-state index in [1.54, 1.807) is 0 Å². The van der Waals surface area contributed by atoms with Crippen LogP contribution in [0.2, 0.25) is 5.02 Å². The zero-order valence-corrected chi connectivity index (χ0v) is 13.2. The monoisotopic (exact) mass is 357 g/mol. The van der Waals surface area contributed by atoms with Gasteiger partial charge in [-0.05, 0) is 49.2 Å². The van der Waals surface area contributed by atoms with Crippen LogP contribution in [0.15, 0.2) is 40.9 Å². The molecule has 0 bridgehead atoms. The van der Waals surface area contributed by atoms with Gasteiger partial charge in [-0.25, -0.2) is 4.39 Å². The van der Waals surface area contributed by atoms with E-state index in [9.17, 15) is 4.39 Å². The lowest BCUT2D eigenvalue weighted by Crippen LogP contribution is -2.17. The van der Waals surface area contributed by atoms with Crippen molar-refractivity contribution >= 4 is 27.5 Å².